The number of carbonyl (C=O) groups excluding carboxylic acids is 2. The maximum atomic E-state index is 12.1. The van der Waals surface area contributed by atoms with Gasteiger partial charge in [-0.15, -0.1) is 0 Å². The van der Waals surface area contributed by atoms with Crippen LogP contribution in [0.5, 0.6) is 0 Å². The van der Waals surface area contributed by atoms with Gasteiger partial charge in [-0.05, 0) is 30.2 Å². The van der Waals surface area contributed by atoms with Gasteiger partial charge >= 0.3 is 0 Å². The Kier molecular flexibility index (Phi) is 2.63. The molecular formula is C19H13NO2. The molecule has 1 aliphatic carbocycles. The van der Waals surface area contributed by atoms with E-state index in [-0.39, 0.29) is 0 Å². The Labute approximate surface area is 127 Å². The Morgan fingerprint density at radius 2 is 1.55 bits per heavy atom. The molecule has 0 spiro atoms. The molecule has 0 amide bonds. The first-order chi connectivity index (χ1) is 10.7. The molecule has 2 aromatic carbocycles. The molecule has 0 atom stereocenters. The Balaban J connectivity index is 2.06. The lowest BCUT2D eigenvalue weighted by molar-refractivity contribution is -0.110. The summed E-state index contributed by atoms with van der Waals surface area (Å²) in [5, 5.41) is 1.06. The van der Waals surface area contributed by atoms with Crippen LogP contribution >= 0.6 is 0 Å². The zero-order valence-corrected chi connectivity index (χ0v) is 12.0. The molecule has 4 rings (SSSR count). The van der Waals surface area contributed by atoms with Gasteiger partial charge < -0.3 is 4.98 Å². The third-order valence-corrected chi connectivity index (χ3v) is 4.12. The number of para-hydroxylation sites is 1. The molecule has 1 N–H and O–H groups in total. The summed E-state index contributed by atoms with van der Waals surface area (Å²) in [7, 11) is 0. The molecule has 0 unspecified atom stereocenters. The van der Waals surface area contributed by atoms with Gasteiger partial charge in [0.05, 0.1) is 0 Å². The highest BCUT2D eigenvalue weighted by atomic mass is 16.2. The Bertz CT molecular complexity index is 976. The van der Waals surface area contributed by atoms with Crippen LogP contribution in [-0.2, 0) is 4.79 Å². The van der Waals surface area contributed by atoms with Gasteiger partial charge in [-0.3, -0.25) is 9.59 Å². The molecule has 0 saturated carbocycles. The molecule has 3 aromatic rings. The average Bonchev–Trinajstić information content (AvgIpc) is 2.87. The Morgan fingerprint density at radius 1 is 0.864 bits per heavy atom. The number of hydrogen-bond donors (Lipinski definition) is 1. The van der Waals surface area contributed by atoms with Crippen LogP contribution in [-0.4, -0.2) is 16.6 Å². The van der Waals surface area contributed by atoms with Gasteiger partial charge in [-0.25, -0.2) is 0 Å². The maximum Gasteiger partial charge on any atom is 0.233 e. The summed E-state index contributed by atoms with van der Waals surface area (Å²) in [6.07, 6.45) is 1.47. The van der Waals surface area contributed by atoms with Crippen LogP contribution in [0.2, 0.25) is 0 Å². The molecule has 1 heterocycles. The number of carbonyl (C=O) groups is 2. The predicted molar refractivity (Wildman–Crippen MR) is 85.9 cm³/mol. The van der Waals surface area contributed by atoms with Gasteiger partial charge in [-0.2, -0.15) is 0 Å². The van der Waals surface area contributed by atoms with E-state index in [1.54, 1.807) is 12.1 Å². The molecule has 0 fully saturated rings. The van der Waals surface area contributed by atoms with E-state index in [1.807, 2.05) is 43.3 Å². The number of Topliss-reactive ketones (excluding diaryl/α,β-unsaturated/α-hetero) is 1. The summed E-state index contributed by atoms with van der Waals surface area (Å²) < 4.78 is 0. The number of aromatic amines is 1. The number of rotatable bonds is 1. The number of ketones is 2. The molecule has 3 nitrogen and oxygen atoms in total. The second kappa shape index (κ2) is 4.53. The maximum absolute atomic E-state index is 12.1. The summed E-state index contributed by atoms with van der Waals surface area (Å²) in [6.45, 7) is 1.99. The van der Waals surface area contributed by atoms with Crippen molar-refractivity contribution in [1.29, 1.82) is 0 Å². The van der Waals surface area contributed by atoms with Crippen LogP contribution in [0.15, 0.2) is 54.6 Å². The van der Waals surface area contributed by atoms with Crippen molar-refractivity contribution in [2.45, 2.75) is 6.92 Å². The SMILES string of the molecule is Cc1[nH]c2ccccc2c1C1=CC(=O)C(=O)c2ccccc21. The smallest absolute Gasteiger partial charge is 0.233 e. The van der Waals surface area contributed by atoms with Gasteiger partial charge in [0, 0.05) is 27.7 Å². The van der Waals surface area contributed by atoms with Crippen molar-refractivity contribution in [3.63, 3.8) is 0 Å². The number of aromatic nitrogens is 1. The van der Waals surface area contributed by atoms with E-state index in [4.69, 9.17) is 0 Å². The van der Waals surface area contributed by atoms with Crippen molar-refractivity contribution in [1.82, 2.24) is 4.98 Å². The molecule has 22 heavy (non-hydrogen) atoms. The summed E-state index contributed by atoms with van der Waals surface area (Å²) in [5.41, 5.74) is 5.12. The van der Waals surface area contributed by atoms with Crippen LogP contribution in [0.4, 0.5) is 0 Å². The first kappa shape index (κ1) is 12.8. The standard InChI is InChI=1S/C19H13NO2/c1-11-18(14-8-4-5-9-16(14)20-11)15-10-17(21)19(22)13-7-3-2-6-12(13)15/h2-10,20H,1H3. The van der Waals surface area contributed by atoms with E-state index in [1.165, 1.54) is 6.08 Å². The quantitative estimate of drug-likeness (QED) is 0.694. The number of hydrogen-bond acceptors (Lipinski definition) is 2. The lowest BCUT2D eigenvalue weighted by Crippen LogP contribution is -2.19. The van der Waals surface area contributed by atoms with Crippen molar-refractivity contribution in [3.05, 3.63) is 77.0 Å². The summed E-state index contributed by atoms with van der Waals surface area (Å²) in [4.78, 5) is 27.5. The molecule has 1 aromatic heterocycles. The van der Waals surface area contributed by atoms with Crippen molar-refractivity contribution < 1.29 is 9.59 Å². The Hall–Kier alpha value is -2.94. The topological polar surface area (TPSA) is 49.9 Å². The van der Waals surface area contributed by atoms with Gasteiger partial charge in [0.2, 0.25) is 11.6 Å². The van der Waals surface area contributed by atoms with Gasteiger partial charge in [-0.1, -0.05) is 42.5 Å². The first-order valence-electron chi connectivity index (χ1n) is 7.14. The van der Waals surface area contributed by atoms with Gasteiger partial charge in [0.15, 0.2) is 0 Å². The first-order valence-corrected chi connectivity index (χ1v) is 7.14. The summed E-state index contributed by atoms with van der Waals surface area (Å²) in [5.74, 6) is -0.893. The summed E-state index contributed by atoms with van der Waals surface area (Å²) in [6, 6.07) is 15.3. The molecule has 0 saturated heterocycles. The molecule has 1 aliphatic rings. The largest absolute Gasteiger partial charge is 0.358 e. The van der Waals surface area contributed by atoms with E-state index in [2.05, 4.69) is 4.98 Å². The normalized spacial score (nSPS) is 14.1. The number of nitrogens with one attached hydrogen (secondary N) is 1. The number of benzene rings is 2. The molecule has 0 aliphatic heterocycles. The molecule has 106 valence electrons. The van der Waals surface area contributed by atoms with Crippen molar-refractivity contribution in [2.24, 2.45) is 0 Å². The van der Waals surface area contributed by atoms with Crippen LogP contribution in [0.25, 0.3) is 16.5 Å². The molecular weight excluding hydrogens is 274 g/mol. The second-order valence-corrected chi connectivity index (χ2v) is 5.47. The average molecular weight is 287 g/mol. The van der Waals surface area contributed by atoms with Gasteiger partial charge in [0.25, 0.3) is 0 Å². The minimum atomic E-state index is -0.460. The number of H-pyrrole nitrogens is 1. The van der Waals surface area contributed by atoms with Crippen LogP contribution in [0, 0.1) is 6.92 Å². The van der Waals surface area contributed by atoms with Crippen molar-refractivity contribution >= 4 is 28.0 Å². The number of aryl methyl sites for hydroxylation is 1. The van der Waals surface area contributed by atoms with E-state index >= 15 is 0 Å². The van der Waals surface area contributed by atoms with Gasteiger partial charge in [0.1, 0.15) is 0 Å². The molecule has 3 heteroatoms. The number of allylic oxidation sites excluding steroid dienone is 1. The fourth-order valence-electron chi connectivity index (χ4n) is 3.15. The highest BCUT2D eigenvalue weighted by molar-refractivity contribution is 6.51. The zero-order valence-electron chi connectivity index (χ0n) is 12.0. The molecule has 0 radical (unpaired) electrons. The highest BCUT2D eigenvalue weighted by Crippen LogP contribution is 2.36. The van der Waals surface area contributed by atoms with E-state index in [0.717, 1.165) is 33.3 Å². The van der Waals surface area contributed by atoms with Crippen molar-refractivity contribution in [2.75, 3.05) is 0 Å². The lowest BCUT2D eigenvalue weighted by Gasteiger charge is -2.16. The van der Waals surface area contributed by atoms with E-state index in [0.29, 0.717) is 5.56 Å². The highest BCUT2D eigenvalue weighted by Gasteiger charge is 2.27. The lowest BCUT2D eigenvalue weighted by atomic mass is 9.85. The minimum absolute atomic E-state index is 0.433. The molecule has 0 bridgehead atoms. The minimum Gasteiger partial charge on any atom is -0.358 e. The van der Waals surface area contributed by atoms with Crippen LogP contribution in [0.3, 0.4) is 0 Å². The van der Waals surface area contributed by atoms with E-state index in [9.17, 15) is 9.59 Å². The fraction of sp³-hybridized carbons (Fsp3) is 0.0526. The second-order valence-electron chi connectivity index (χ2n) is 5.47. The summed E-state index contributed by atoms with van der Waals surface area (Å²) >= 11 is 0. The van der Waals surface area contributed by atoms with Crippen LogP contribution < -0.4 is 0 Å². The Morgan fingerprint density at radius 3 is 2.36 bits per heavy atom. The van der Waals surface area contributed by atoms with Crippen molar-refractivity contribution in [3.8, 4) is 0 Å². The fourth-order valence-corrected chi connectivity index (χ4v) is 3.15. The van der Waals surface area contributed by atoms with Crippen LogP contribution in [0.1, 0.15) is 27.2 Å². The third kappa shape index (κ3) is 1.69. The predicted octanol–water partition coefficient (Wildman–Crippen LogP) is 3.67. The third-order valence-electron chi connectivity index (χ3n) is 4.12. The van der Waals surface area contributed by atoms with E-state index < -0.39 is 11.6 Å². The number of fused-ring (bicyclic) bond motifs is 2. The zero-order chi connectivity index (χ0) is 15.3. The monoisotopic (exact) mass is 287 g/mol.